The van der Waals surface area contributed by atoms with Gasteiger partial charge in [0.25, 0.3) is 0 Å². The van der Waals surface area contributed by atoms with Crippen molar-refractivity contribution in [1.29, 1.82) is 0 Å². The average Bonchev–Trinajstić information content (AvgIpc) is 3.11. The number of anilines is 2. The van der Waals surface area contributed by atoms with Gasteiger partial charge in [0.15, 0.2) is 4.34 Å². The first-order chi connectivity index (χ1) is 13.7. The maximum absolute atomic E-state index is 14.2. The number of hydrogen-bond donors (Lipinski definition) is 1. The van der Waals surface area contributed by atoms with Crippen LogP contribution in [-0.2, 0) is 24.3 Å². The zero-order chi connectivity index (χ0) is 21.6. The molecule has 0 fully saturated rings. The largest absolute Gasteiger partial charge is 0.468 e. The molecule has 0 aliphatic rings. The number of nitrogens with zero attached hydrogens (tertiary/aromatic N) is 3. The summed E-state index contributed by atoms with van der Waals surface area (Å²) in [5.74, 6) is -1.84. The van der Waals surface area contributed by atoms with E-state index in [4.69, 9.17) is 0 Å². The molecule has 9 nitrogen and oxygen atoms in total. The van der Waals surface area contributed by atoms with Crippen LogP contribution in [0.4, 0.5) is 15.2 Å². The molecule has 1 aromatic heterocycles. The maximum Gasteiger partial charge on any atom is 0.316 e. The Kier molecular flexibility index (Phi) is 7.93. The summed E-state index contributed by atoms with van der Waals surface area (Å²) < 4.78 is 44.6. The van der Waals surface area contributed by atoms with Crippen LogP contribution in [-0.4, -0.2) is 55.7 Å². The lowest BCUT2D eigenvalue weighted by atomic mass is 10.2. The van der Waals surface area contributed by atoms with Crippen LogP contribution in [0.2, 0.25) is 0 Å². The molecule has 0 radical (unpaired) electrons. The first kappa shape index (κ1) is 23.0. The number of hydrogen-bond acceptors (Lipinski definition) is 9. The van der Waals surface area contributed by atoms with Gasteiger partial charge in [-0.2, -0.15) is 0 Å². The highest BCUT2D eigenvalue weighted by atomic mass is 32.2. The van der Waals surface area contributed by atoms with E-state index in [0.29, 0.717) is 4.34 Å². The third-order valence-electron chi connectivity index (χ3n) is 3.60. The minimum atomic E-state index is -3.96. The molecular formula is C16H19FN4O5S3. The van der Waals surface area contributed by atoms with E-state index >= 15 is 0 Å². The number of halogens is 1. The van der Waals surface area contributed by atoms with Gasteiger partial charge in [-0.1, -0.05) is 42.2 Å². The molecule has 0 aliphatic heterocycles. The van der Waals surface area contributed by atoms with Crippen LogP contribution < -0.4 is 9.62 Å². The van der Waals surface area contributed by atoms with Crippen molar-refractivity contribution in [3.05, 3.63) is 30.1 Å². The normalized spacial score (nSPS) is 12.3. The zero-order valence-corrected chi connectivity index (χ0v) is 18.2. The fourth-order valence-corrected chi connectivity index (χ4v) is 5.15. The standard InChI is InChI=1S/C16H19FN4O5S3/c1-4-11(21(29(3,24)25)12-8-6-5-7-10(12)17)14(23)18-15-19-20-16(28-15)27-9-13(22)26-2/h5-8,11H,4,9H2,1-3H3,(H,18,19,23)/t11-/m1/s1. The van der Waals surface area contributed by atoms with Crippen LogP contribution in [0.15, 0.2) is 28.6 Å². The Bertz CT molecular complexity index is 982. The molecule has 1 heterocycles. The lowest BCUT2D eigenvalue weighted by molar-refractivity contribution is -0.137. The number of carbonyl (C=O) groups is 2. The molecule has 0 saturated heterocycles. The first-order valence-corrected chi connectivity index (χ1v) is 11.9. The van der Waals surface area contributed by atoms with E-state index in [0.717, 1.165) is 39.7 Å². The van der Waals surface area contributed by atoms with E-state index in [1.165, 1.54) is 25.3 Å². The van der Waals surface area contributed by atoms with Gasteiger partial charge in [-0.3, -0.25) is 19.2 Å². The number of methoxy groups -OCH3 is 1. The molecule has 1 amide bonds. The molecular weight excluding hydrogens is 443 g/mol. The lowest BCUT2D eigenvalue weighted by Crippen LogP contribution is -2.47. The predicted octanol–water partition coefficient (Wildman–Crippen LogP) is 2.13. The number of amides is 1. The number of para-hydroxylation sites is 1. The number of carbonyl (C=O) groups excluding carboxylic acids is 2. The molecule has 29 heavy (non-hydrogen) atoms. The van der Waals surface area contributed by atoms with Crippen molar-refractivity contribution in [2.75, 3.05) is 28.7 Å². The molecule has 13 heteroatoms. The van der Waals surface area contributed by atoms with Gasteiger partial charge in [0.05, 0.1) is 24.8 Å². The van der Waals surface area contributed by atoms with E-state index in [1.807, 2.05) is 0 Å². The fraction of sp³-hybridized carbons (Fsp3) is 0.375. The minimum Gasteiger partial charge on any atom is -0.468 e. The van der Waals surface area contributed by atoms with Crippen LogP contribution in [0.25, 0.3) is 0 Å². The number of rotatable bonds is 9. The summed E-state index contributed by atoms with van der Waals surface area (Å²) in [6.45, 7) is 1.61. The third-order valence-corrected chi connectivity index (χ3v) is 6.71. The van der Waals surface area contributed by atoms with Crippen LogP contribution in [0.3, 0.4) is 0 Å². The smallest absolute Gasteiger partial charge is 0.316 e. The van der Waals surface area contributed by atoms with E-state index in [9.17, 15) is 22.4 Å². The van der Waals surface area contributed by atoms with Gasteiger partial charge in [-0.25, -0.2) is 12.8 Å². The summed E-state index contributed by atoms with van der Waals surface area (Å²) >= 11 is 2.11. The van der Waals surface area contributed by atoms with E-state index < -0.39 is 33.8 Å². The van der Waals surface area contributed by atoms with E-state index in [-0.39, 0.29) is 23.0 Å². The average molecular weight is 463 g/mol. The molecule has 0 saturated carbocycles. The Labute approximate surface area is 175 Å². The topological polar surface area (TPSA) is 119 Å². The predicted molar refractivity (Wildman–Crippen MR) is 109 cm³/mol. The first-order valence-electron chi connectivity index (χ1n) is 8.25. The summed E-state index contributed by atoms with van der Waals surface area (Å²) in [4.78, 5) is 23.9. The number of nitrogens with one attached hydrogen (secondary N) is 1. The Hall–Kier alpha value is -2.25. The minimum absolute atomic E-state index is 0.0335. The second-order valence-electron chi connectivity index (χ2n) is 5.66. The molecule has 158 valence electrons. The second-order valence-corrected chi connectivity index (χ2v) is 9.72. The molecule has 0 unspecified atom stereocenters. The van der Waals surface area contributed by atoms with Crippen molar-refractivity contribution < 1.29 is 27.1 Å². The Balaban J connectivity index is 2.21. The fourth-order valence-electron chi connectivity index (χ4n) is 2.35. The van der Waals surface area contributed by atoms with Gasteiger partial charge < -0.3 is 4.74 Å². The van der Waals surface area contributed by atoms with Gasteiger partial charge in [0, 0.05) is 0 Å². The number of ether oxygens (including phenoxy) is 1. The number of sulfonamides is 1. The monoisotopic (exact) mass is 462 g/mol. The summed E-state index contributed by atoms with van der Waals surface area (Å²) in [5.41, 5.74) is -0.219. The van der Waals surface area contributed by atoms with E-state index in [2.05, 4.69) is 20.3 Å². The van der Waals surface area contributed by atoms with Crippen molar-refractivity contribution in [2.45, 2.75) is 23.7 Å². The van der Waals surface area contributed by atoms with Crippen LogP contribution in [0.1, 0.15) is 13.3 Å². The number of esters is 1. The molecule has 2 aromatic rings. The molecule has 0 spiro atoms. The van der Waals surface area contributed by atoms with E-state index in [1.54, 1.807) is 6.92 Å². The molecule has 2 rings (SSSR count). The van der Waals surface area contributed by atoms with Crippen molar-refractivity contribution in [3.63, 3.8) is 0 Å². The highest BCUT2D eigenvalue weighted by Gasteiger charge is 2.33. The highest BCUT2D eigenvalue weighted by molar-refractivity contribution is 8.01. The molecule has 0 aliphatic carbocycles. The Morgan fingerprint density at radius 3 is 2.62 bits per heavy atom. The van der Waals surface area contributed by atoms with Crippen LogP contribution >= 0.6 is 23.1 Å². The van der Waals surface area contributed by atoms with Gasteiger partial charge in [0.2, 0.25) is 21.1 Å². The van der Waals surface area contributed by atoms with Crippen molar-refractivity contribution in [1.82, 2.24) is 10.2 Å². The quantitative estimate of drug-likeness (QED) is 0.342. The summed E-state index contributed by atoms with van der Waals surface area (Å²) in [6, 6.07) is 4.12. The van der Waals surface area contributed by atoms with Crippen molar-refractivity contribution in [3.8, 4) is 0 Å². The van der Waals surface area contributed by atoms with Crippen molar-refractivity contribution in [2.24, 2.45) is 0 Å². The lowest BCUT2D eigenvalue weighted by Gasteiger charge is -2.29. The summed E-state index contributed by atoms with van der Waals surface area (Å²) in [5, 5.41) is 10.3. The van der Waals surface area contributed by atoms with Gasteiger partial charge >= 0.3 is 5.97 Å². The third kappa shape index (κ3) is 6.11. The van der Waals surface area contributed by atoms with Crippen LogP contribution in [0, 0.1) is 5.82 Å². The summed E-state index contributed by atoms with van der Waals surface area (Å²) in [6.07, 6.45) is 0.998. The second kappa shape index (κ2) is 9.98. The van der Waals surface area contributed by atoms with Gasteiger partial charge in [-0.05, 0) is 18.6 Å². The number of aromatic nitrogens is 2. The summed E-state index contributed by atoms with van der Waals surface area (Å²) in [7, 11) is -2.69. The SMILES string of the molecule is CC[C@H](C(=O)Nc1nnc(SCC(=O)OC)s1)N(c1ccccc1F)S(C)(=O)=O. The molecule has 1 N–H and O–H groups in total. The van der Waals surface area contributed by atoms with Gasteiger partial charge in [0.1, 0.15) is 11.9 Å². The molecule has 1 aromatic carbocycles. The molecule has 0 bridgehead atoms. The highest BCUT2D eigenvalue weighted by Crippen LogP contribution is 2.28. The number of thioether (sulfide) groups is 1. The zero-order valence-electron chi connectivity index (χ0n) is 15.8. The molecule has 1 atom stereocenters. The maximum atomic E-state index is 14.2. The Morgan fingerprint density at radius 1 is 1.34 bits per heavy atom. The van der Waals surface area contributed by atoms with Crippen LogP contribution in [0.5, 0.6) is 0 Å². The van der Waals surface area contributed by atoms with Gasteiger partial charge in [-0.15, -0.1) is 10.2 Å². The number of benzene rings is 1. The Morgan fingerprint density at radius 2 is 2.03 bits per heavy atom. The van der Waals surface area contributed by atoms with Crippen molar-refractivity contribution >= 4 is 55.8 Å².